The molecule has 188 valence electrons. The first-order valence-corrected chi connectivity index (χ1v) is 13.3. The molecule has 0 unspecified atom stereocenters. The highest BCUT2D eigenvalue weighted by Crippen LogP contribution is 2.42. The van der Waals surface area contributed by atoms with E-state index in [0.717, 1.165) is 36.8 Å². The van der Waals surface area contributed by atoms with Crippen LogP contribution in [-0.2, 0) is 4.84 Å². The fraction of sp³-hybridized carbons (Fsp3) is 0.448. The summed E-state index contributed by atoms with van der Waals surface area (Å²) in [5.41, 5.74) is 4.14. The van der Waals surface area contributed by atoms with Crippen LogP contribution in [0.5, 0.6) is 0 Å². The molecule has 1 spiro atoms. The number of piperidine rings is 2. The van der Waals surface area contributed by atoms with Crippen LogP contribution in [0, 0.1) is 5.41 Å². The van der Waals surface area contributed by atoms with Crippen LogP contribution in [0.2, 0.25) is 0 Å². The van der Waals surface area contributed by atoms with Crippen LogP contribution >= 0.6 is 0 Å². The van der Waals surface area contributed by atoms with Crippen molar-refractivity contribution in [2.75, 3.05) is 55.1 Å². The number of benzene rings is 2. The van der Waals surface area contributed by atoms with E-state index in [1.807, 2.05) is 17.2 Å². The predicted molar refractivity (Wildman–Crippen MR) is 145 cm³/mol. The van der Waals surface area contributed by atoms with Gasteiger partial charge in [0.25, 0.3) is 0 Å². The third kappa shape index (κ3) is 4.90. The molecule has 1 aromatic heterocycles. The number of hydrogen-bond donors (Lipinski definition) is 1. The maximum atomic E-state index is 5.95. The van der Waals surface area contributed by atoms with Crippen molar-refractivity contribution in [2.24, 2.45) is 5.41 Å². The molecule has 0 bridgehead atoms. The van der Waals surface area contributed by atoms with Crippen LogP contribution < -0.4 is 15.3 Å². The molecule has 0 amide bonds. The van der Waals surface area contributed by atoms with Gasteiger partial charge in [-0.05, 0) is 81.1 Å². The number of likely N-dealkylation sites (tertiary alicyclic amines) is 1. The second-order valence-corrected chi connectivity index (χ2v) is 10.6. The molecule has 3 saturated heterocycles. The lowest BCUT2D eigenvalue weighted by atomic mass is 9.71. The van der Waals surface area contributed by atoms with E-state index < -0.39 is 0 Å². The molecular weight excluding hydrogens is 448 g/mol. The van der Waals surface area contributed by atoms with Crippen molar-refractivity contribution < 1.29 is 4.84 Å². The third-order valence-electron chi connectivity index (χ3n) is 8.34. The van der Waals surface area contributed by atoms with Gasteiger partial charge in [0.1, 0.15) is 12.1 Å². The summed E-state index contributed by atoms with van der Waals surface area (Å²) in [6.45, 7) is 5.50. The second kappa shape index (κ2) is 10.1. The molecule has 1 N–H and O–H groups in total. The van der Waals surface area contributed by atoms with Gasteiger partial charge in [0.2, 0.25) is 0 Å². The first-order valence-electron chi connectivity index (χ1n) is 13.3. The minimum absolute atomic E-state index is 0.159. The molecule has 2 aromatic carbocycles. The van der Waals surface area contributed by atoms with Crippen LogP contribution in [-0.4, -0.2) is 54.7 Å². The van der Waals surface area contributed by atoms with Crippen LogP contribution in [0.15, 0.2) is 67.0 Å². The zero-order valence-corrected chi connectivity index (χ0v) is 21.1. The van der Waals surface area contributed by atoms with Gasteiger partial charge in [0, 0.05) is 37.0 Å². The van der Waals surface area contributed by atoms with Crippen LogP contribution in [0.1, 0.15) is 43.7 Å². The number of hydrogen-bond acceptors (Lipinski definition) is 7. The Kier molecular flexibility index (Phi) is 6.50. The third-order valence-corrected chi connectivity index (χ3v) is 8.34. The Bertz CT molecular complexity index is 1140. The number of anilines is 4. The van der Waals surface area contributed by atoms with E-state index in [1.54, 1.807) is 6.33 Å². The van der Waals surface area contributed by atoms with E-state index >= 15 is 0 Å². The summed E-state index contributed by atoms with van der Waals surface area (Å²) in [5, 5.41) is 5.36. The monoisotopic (exact) mass is 484 g/mol. The number of hydroxylamine groups is 1. The average molecular weight is 485 g/mol. The second-order valence-electron chi connectivity index (χ2n) is 10.6. The van der Waals surface area contributed by atoms with Crippen LogP contribution in [0.4, 0.5) is 23.0 Å². The average Bonchev–Trinajstić information content (AvgIpc) is 3.43. The molecular formula is C29H36N6O. The Morgan fingerprint density at radius 2 is 1.61 bits per heavy atom. The van der Waals surface area contributed by atoms with E-state index in [-0.39, 0.29) is 6.04 Å². The molecule has 0 saturated carbocycles. The fourth-order valence-corrected chi connectivity index (χ4v) is 5.94. The highest BCUT2D eigenvalue weighted by atomic mass is 16.7. The predicted octanol–water partition coefficient (Wildman–Crippen LogP) is 5.42. The van der Waals surface area contributed by atoms with Crippen molar-refractivity contribution in [1.82, 2.24) is 14.9 Å². The van der Waals surface area contributed by atoms with Crippen molar-refractivity contribution >= 4 is 23.0 Å². The maximum Gasteiger partial charge on any atom is 0.158 e. The molecule has 7 heteroatoms. The summed E-state index contributed by atoms with van der Waals surface area (Å²) < 4.78 is 0. The molecule has 1 atom stereocenters. The molecule has 0 aliphatic carbocycles. The summed E-state index contributed by atoms with van der Waals surface area (Å²) in [7, 11) is 2.25. The Hall–Kier alpha value is -3.16. The molecule has 3 aliphatic heterocycles. The first-order chi connectivity index (χ1) is 17.7. The minimum atomic E-state index is 0.159. The molecule has 3 fully saturated rings. The summed E-state index contributed by atoms with van der Waals surface area (Å²) in [5.74, 6) is 1.53. The number of aromatic nitrogens is 2. The molecule has 0 radical (unpaired) electrons. The number of rotatable bonds is 5. The molecule has 6 rings (SSSR count). The van der Waals surface area contributed by atoms with E-state index in [9.17, 15) is 0 Å². The standard InChI is InChI=1S/C29H36N6O/c1-33-16-12-29(13-17-33)14-18-34(19-15-29)25-9-7-24(8-10-25)32-27-21-28(31-22-30-27)35-26(11-20-36-35)23-5-3-2-4-6-23/h2-10,21-22,26H,11-20H2,1H3,(H,30,31,32)/t26-/m1/s1. The Balaban J connectivity index is 1.09. The van der Waals surface area contributed by atoms with Gasteiger partial charge in [-0.15, -0.1) is 0 Å². The summed E-state index contributed by atoms with van der Waals surface area (Å²) >= 11 is 0. The maximum absolute atomic E-state index is 5.95. The van der Waals surface area contributed by atoms with Crippen molar-refractivity contribution in [3.8, 4) is 0 Å². The number of nitrogens with zero attached hydrogens (tertiary/aromatic N) is 5. The number of nitrogens with one attached hydrogen (secondary N) is 1. The van der Waals surface area contributed by atoms with E-state index in [0.29, 0.717) is 12.0 Å². The van der Waals surface area contributed by atoms with Crippen LogP contribution in [0.3, 0.4) is 0 Å². The van der Waals surface area contributed by atoms with Gasteiger partial charge in [-0.1, -0.05) is 30.3 Å². The lowest BCUT2D eigenvalue weighted by molar-refractivity contribution is 0.0945. The van der Waals surface area contributed by atoms with Gasteiger partial charge in [-0.25, -0.2) is 15.0 Å². The summed E-state index contributed by atoms with van der Waals surface area (Å²) in [6.07, 6.45) is 7.88. The van der Waals surface area contributed by atoms with Crippen LogP contribution in [0.25, 0.3) is 0 Å². The first kappa shape index (κ1) is 23.3. The Morgan fingerprint density at radius 3 is 2.36 bits per heavy atom. The fourth-order valence-electron chi connectivity index (χ4n) is 5.94. The van der Waals surface area contributed by atoms with Gasteiger partial charge in [-0.3, -0.25) is 4.84 Å². The smallest absolute Gasteiger partial charge is 0.158 e. The Morgan fingerprint density at radius 1 is 0.889 bits per heavy atom. The van der Waals surface area contributed by atoms with Gasteiger partial charge in [0.05, 0.1) is 12.6 Å². The SMILES string of the molecule is CN1CCC2(CC1)CCN(c1ccc(Nc3cc(N4OCC[C@@H]4c4ccccc4)ncn3)cc1)CC2. The van der Waals surface area contributed by atoms with Gasteiger partial charge >= 0.3 is 0 Å². The van der Waals surface area contributed by atoms with E-state index in [4.69, 9.17) is 4.84 Å². The summed E-state index contributed by atoms with van der Waals surface area (Å²) in [4.78, 5) is 19.9. The highest BCUT2D eigenvalue weighted by Gasteiger charge is 2.36. The zero-order chi connectivity index (χ0) is 24.4. The summed E-state index contributed by atoms with van der Waals surface area (Å²) in [6, 6.07) is 21.3. The van der Waals surface area contributed by atoms with E-state index in [1.165, 1.54) is 50.0 Å². The molecule has 3 aromatic rings. The van der Waals surface area contributed by atoms with Gasteiger partial charge in [0.15, 0.2) is 5.82 Å². The lowest BCUT2D eigenvalue weighted by Gasteiger charge is -2.46. The zero-order valence-electron chi connectivity index (χ0n) is 21.1. The Labute approximate surface area is 214 Å². The van der Waals surface area contributed by atoms with Gasteiger partial charge < -0.3 is 15.1 Å². The van der Waals surface area contributed by atoms with Gasteiger partial charge in [-0.2, -0.15) is 0 Å². The quantitative estimate of drug-likeness (QED) is 0.519. The topological polar surface area (TPSA) is 56.8 Å². The molecule has 36 heavy (non-hydrogen) atoms. The highest BCUT2D eigenvalue weighted by molar-refractivity contribution is 5.62. The van der Waals surface area contributed by atoms with Crippen molar-refractivity contribution in [3.63, 3.8) is 0 Å². The normalized spacial score (nSPS) is 22.2. The lowest BCUT2D eigenvalue weighted by Crippen LogP contribution is -2.46. The minimum Gasteiger partial charge on any atom is -0.371 e. The molecule has 3 aliphatic rings. The molecule has 7 nitrogen and oxygen atoms in total. The van der Waals surface area contributed by atoms with E-state index in [2.05, 4.69) is 80.7 Å². The van der Waals surface area contributed by atoms with Crippen molar-refractivity contribution in [2.45, 2.75) is 38.1 Å². The largest absolute Gasteiger partial charge is 0.371 e. The van der Waals surface area contributed by atoms with Crippen molar-refractivity contribution in [1.29, 1.82) is 0 Å². The van der Waals surface area contributed by atoms with Crippen molar-refractivity contribution in [3.05, 3.63) is 72.6 Å². The molecule has 4 heterocycles.